The molecule has 2 atom stereocenters. The Balaban J connectivity index is 2.24. The molecule has 0 bridgehead atoms. The highest BCUT2D eigenvalue weighted by Gasteiger charge is 2.33. The van der Waals surface area contributed by atoms with E-state index in [2.05, 4.69) is 10.3 Å². The van der Waals surface area contributed by atoms with E-state index in [9.17, 15) is 14.3 Å². The third kappa shape index (κ3) is 3.08. The van der Waals surface area contributed by atoms with Crippen LogP contribution in [-0.2, 0) is 4.79 Å². The molecule has 1 aliphatic heterocycles. The maximum atomic E-state index is 12.9. The van der Waals surface area contributed by atoms with E-state index < -0.39 is 12.0 Å². The lowest BCUT2D eigenvalue weighted by molar-refractivity contribution is -0.145. The Morgan fingerprint density at radius 2 is 2.47 bits per heavy atom. The zero-order valence-electron chi connectivity index (χ0n) is 10.8. The van der Waals surface area contributed by atoms with Crippen LogP contribution in [0.3, 0.4) is 0 Å². The summed E-state index contributed by atoms with van der Waals surface area (Å²) in [6, 6.07) is 2.34. The number of rotatable bonds is 4. The van der Waals surface area contributed by atoms with Gasteiger partial charge < -0.3 is 10.4 Å². The van der Waals surface area contributed by atoms with Gasteiger partial charge in [-0.1, -0.05) is 6.92 Å². The Morgan fingerprint density at radius 3 is 3.05 bits per heavy atom. The van der Waals surface area contributed by atoms with Gasteiger partial charge in [0.1, 0.15) is 11.9 Å². The van der Waals surface area contributed by atoms with Gasteiger partial charge in [0.2, 0.25) is 0 Å². The summed E-state index contributed by atoms with van der Waals surface area (Å²) in [6.07, 6.45) is 1.92. The monoisotopic (exact) mass is 267 g/mol. The van der Waals surface area contributed by atoms with E-state index in [0.717, 1.165) is 18.7 Å². The number of nitrogens with zero attached hydrogens (tertiary/aromatic N) is 2. The van der Waals surface area contributed by atoms with Crippen LogP contribution in [0, 0.1) is 5.82 Å². The smallest absolute Gasteiger partial charge is 0.322 e. The molecule has 1 aliphatic rings. The van der Waals surface area contributed by atoms with Crippen LogP contribution in [0.15, 0.2) is 18.3 Å². The van der Waals surface area contributed by atoms with Gasteiger partial charge in [-0.25, -0.2) is 4.39 Å². The number of hydrogen-bond acceptors (Lipinski definition) is 4. The van der Waals surface area contributed by atoms with E-state index in [1.54, 1.807) is 6.07 Å². The molecule has 5 nitrogen and oxygen atoms in total. The minimum Gasteiger partial charge on any atom is -0.480 e. The van der Waals surface area contributed by atoms with Crippen molar-refractivity contribution in [3.63, 3.8) is 0 Å². The molecule has 2 rings (SSSR count). The molecule has 2 heterocycles. The van der Waals surface area contributed by atoms with E-state index in [0.29, 0.717) is 13.1 Å². The Morgan fingerprint density at radius 1 is 1.68 bits per heavy atom. The lowest BCUT2D eigenvalue weighted by Crippen LogP contribution is -2.55. The molecule has 6 heteroatoms. The molecule has 0 aromatic carbocycles. The molecule has 1 aromatic heterocycles. The van der Waals surface area contributed by atoms with Gasteiger partial charge in [-0.15, -0.1) is 0 Å². The van der Waals surface area contributed by atoms with Crippen molar-refractivity contribution >= 4 is 5.97 Å². The van der Waals surface area contributed by atoms with Crippen LogP contribution < -0.4 is 5.32 Å². The first-order valence-electron chi connectivity index (χ1n) is 6.44. The topological polar surface area (TPSA) is 65.5 Å². The molecule has 0 radical (unpaired) electrons. The first-order chi connectivity index (χ1) is 9.13. The minimum atomic E-state index is -0.840. The van der Waals surface area contributed by atoms with Gasteiger partial charge in [-0.2, -0.15) is 0 Å². The third-order valence-corrected chi connectivity index (χ3v) is 3.45. The highest BCUT2D eigenvalue weighted by molar-refractivity contribution is 5.74. The molecule has 104 valence electrons. The fraction of sp³-hybridized carbons (Fsp3) is 0.538. The Kier molecular flexibility index (Phi) is 4.44. The zero-order chi connectivity index (χ0) is 13.8. The van der Waals surface area contributed by atoms with Crippen molar-refractivity contribution in [1.29, 1.82) is 0 Å². The van der Waals surface area contributed by atoms with Crippen molar-refractivity contribution in [3.8, 4) is 0 Å². The van der Waals surface area contributed by atoms with E-state index >= 15 is 0 Å². The maximum Gasteiger partial charge on any atom is 0.322 e. The minimum absolute atomic E-state index is 0.0937. The molecule has 1 fully saturated rings. The number of pyridine rings is 1. The van der Waals surface area contributed by atoms with Crippen LogP contribution in [0.1, 0.15) is 25.1 Å². The fourth-order valence-corrected chi connectivity index (χ4v) is 2.52. The SMILES string of the molecule is CCC(c1ccc(F)cn1)N1CCNCC1C(=O)O. The zero-order valence-corrected chi connectivity index (χ0v) is 10.8. The van der Waals surface area contributed by atoms with Gasteiger partial charge in [-0.3, -0.25) is 14.7 Å². The molecule has 19 heavy (non-hydrogen) atoms. The maximum absolute atomic E-state index is 12.9. The van der Waals surface area contributed by atoms with Gasteiger partial charge in [0.25, 0.3) is 0 Å². The number of carboxylic acid groups (broad SMARTS) is 1. The molecule has 1 saturated heterocycles. The molecular formula is C13H18FN3O2. The molecular weight excluding hydrogens is 249 g/mol. The summed E-state index contributed by atoms with van der Waals surface area (Å²) in [5.74, 6) is -1.22. The Bertz CT molecular complexity index is 438. The normalized spacial score (nSPS) is 22.1. The molecule has 0 amide bonds. The van der Waals surface area contributed by atoms with Gasteiger partial charge in [-0.05, 0) is 18.6 Å². The van der Waals surface area contributed by atoms with Gasteiger partial charge in [0, 0.05) is 19.6 Å². The number of halogens is 1. The summed E-state index contributed by atoms with van der Waals surface area (Å²) in [7, 11) is 0. The average molecular weight is 267 g/mol. The Labute approximate surface area is 111 Å². The number of aromatic nitrogens is 1. The highest BCUT2D eigenvalue weighted by atomic mass is 19.1. The van der Waals surface area contributed by atoms with Crippen LogP contribution in [0.2, 0.25) is 0 Å². The highest BCUT2D eigenvalue weighted by Crippen LogP contribution is 2.25. The predicted molar refractivity (Wildman–Crippen MR) is 68.2 cm³/mol. The lowest BCUT2D eigenvalue weighted by atomic mass is 10.0. The number of carbonyl (C=O) groups is 1. The first kappa shape index (κ1) is 13.9. The quantitative estimate of drug-likeness (QED) is 0.853. The molecule has 0 aliphatic carbocycles. The van der Waals surface area contributed by atoms with Gasteiger partial charge in [0.05, 0.1) is 17.9 Å². The van der Waals surface area contributed by atoms with E-state index in [-0.39, 0.29) is 11.9 Å². The molecule has 1 aromatic rings. The van der Waals surface area contributed by atoms with Crippen molar-refractivity contribution in [1.82, 2.24) is 15.2 Å². The van der Waals surface area contributed by atoms with Crippen LogP contribution >= 0.6 is 0 Å². The van der Waals surface area contributed by atoms with Crippen LogP contribution in [0.5, 0.6) is 0 Å². The summed E-state index contributed by atoms with van der Waals surface area (Å²) in [5.41, 5.74) is 0.719. The first-order valence-corrected chi connectivity index (χ1v) is 6.44. The second-order valence-corrected chi connectivity index (χ2v) is 4.62. The molecule has 2 unspecified atom stereocenters. The van der Waals surface area contributed by atoms with Gasteiger partial charge in [0.15, 0.2) is 0 Å². The lowest BCUT2D eigenvalue weighted by Gasteiger charge is -2.38. The molecule has 0 saturated carbocycles. The summed E-state index contributed by atoms with van der Waals surface area (Å²) in [5, 5.41) is 12.4. The number of nitrogens with one attached hydrogen (secondary N) is 1. The van der Waals surface area contributed by atoms with Crippen molar-refractivity contribution in [2.24, 2.45) is 0 Å². The largest absolute Gasteiger partial charge is 0.480 e. The second kappa shape index (κ2) is 6.08. The fourth-order valence-electron chi connectivity index (χ4n) is 2.52. The molecule has 0 spiro atoms. The summed E-state index contributed by atoms with van der Waals surface area (Å²) >= 11 is 0. The summed E-state index contributed by atoms with van der Waals surface area (Å²) in [6.45, 7) is 3.81. The van der Waals surface area contributed by atoms with Crippen molar-refractivity contribution in [3.05, 3.63) is 29.8 Å². The summed E-state index contributed by atoms with van der Waals surface area (Å²) < 4.78 is 12.9. The second-order valence-electron chi connectivity index (χ2n) is 4.62. The van der Waals surface area contributed by atoms with Gasteiger partial charge >= 0.3 is 5.97 Å². The van der Waals surface area contributed by atoms with Crippen molar-refractivity contribution < 1.29 is 14.3 Å². The van der Waals surface area contributed by atoms with Crippen molar-refractivity contribution in [2.45, 2.75) is 25.4 Å². The average Bonchev–Trinajstić information content (AvgIpc) is 2.42. The number of hydrogen-bond donors (Lipinski definition) is 2. The summed E-state index contributed by atoms with van der Waals surface area (Å²) in [4.78, 5) is 17.3. The number of piperazine rings is 1. The van der Waals surface area contributed by atoms with E-state index in [1.807, 2.05) is 11.8 Å². The third-order valence-electron chi connectivity index (χ3n) is 3.45. The Hall–Kier alpha value is -1.53. The van der Waals surface area contributed by atoms with Crippen LogP contribution in [0.4, 0.5) is 4.39 Å². The number of carboxylic acids is 1. The van der Waals surface area contributed by atoms with Crippen LogP contribution in [0.25, 0.3) is 0 Å². The van der Waals surface area contributed by atoms with E-state index in [4.69, 9.17) is 0 Å². The van der Waals surface area contributed by atoms with Crippen molar-refractivity contribution in [2.75, 3.05) is 19.6 Å². The standard InChI is InChI=1S/C13H18FN3O2/c1-2-11(10-4-3-9(14)7-16-10)17-6-5-15-8-12(17)13(18)19/h3-4,7,11-12,15H,2,5-6,8H2,1H3,(H,18,19). The van der Waals surface area contributed by atoms with Crippen LogP contribution in [-0.4, -0.2) is 46.6 Å². The predicted octanol–water partition coefficient (Wildman–Crippen LogP) is 1.03. The molecule has 2 N–H and O–H groups in total. The number of aliphatic carboxylic acids is 1. The van der Waals surface area contributed by atoms with E-state index in [1.165, 1.54) is 12.3 Å².